The van der Waals surface area contributed by atoms with Crippen molar-refractivity contribution in [2.75, 3.05) is 51.1 Å². The number of aryl methyl sites for hydroxylation is 5. The van der Waals surface area contributed by atoms with Crippen LogP contribution in [0.1, 0.15) is 22.3 Å². The molecule has 8 heterocycles. The number of rotatable bonds is 18. The standard InChI is InChI=1S/C31H24N2O2.C31H24N2OS.C26H21NO2S.C25H20N2O2/c2*1-20-10-12-21(13-11-20)31-32-29-27-8-4-2-6-25(27)26-7-3-5-9-28(26)30(29)33(31)22-14-16-23(17-15-22)34-18-24-19-35-24;1-15-3-9-20-22(11-15)23-12-16(2)4-10-21(23)25-24(20)27-26(29-25)17-5-7-18(8-6-17)28-13-19-14-30-19;1-27-24-22-9-5-3-7-20(22)19-6-2-4-8-21(19)23(24)26-25(27)16-10-12-17(13-11-16)28-14-18-15-29-18/h2*2-17,24H,18-19H2,1H3;3-12,19H,13-14H2,1-2H3;2-13,18H,14-15H2,1H3. The van der Waals surface area contributed by atoms with E-state index in [9.17, 15) is 0 Å². The second-order valence-corrected chi connectivity index (χ2v) is 36.7. The van der Waals surface area contributed by atoms with Crippen molar-refractivity contribution in [2.24, 2.45) is 7.05 Å². The summed E-state index contributed by atoms with van der Waals surface area (Å²) in [4.78, 5) is 20.6. The second-order valence-electron chi connectivity index (χ2n) is 34.0. The summed E-state index contributed by atoms with van der Waals surface area (Å²) in [6.45, 7) is 12.9. The SMILES string of the molecule is Cc1ccc(-c2nc3c4ccccc4c4ccccc4c3n2-c2ccc(OCC3CO3)cc2)cc1.Cc1ccc(-c2nc3c4ccccc4c4ccccc4c3n2-c2ccc(OCC3CS3)cc2)cc1.Cc1ccc2c(c1)c1cc(C)ccc1c1oc(-c3ccc(OCC4CS4)cc3)nc21.Cn1c(-c2ccc(OCC3CO3)cc2)nc2c3ccccc3c3ccccc3c21. The second kappa shape index (κ2) is 33.5. The van der Waals surface area contributed by atoms with Crippen molar-refractivity contribution in [2.45, 2.75) is 50.4 Å². The zero-order chi connectivity index (χ0) is 86.3. The Labute approximate surface area is 753 Å². The van der Waals surface area contributed by atoms with Gasteiger partial charge in [-0.3, -0.25) is 9.13 Å². The number of epoxide rings is 2. The van der Waals surface area contributed by atoms with Gasteiger partial charge in [0.05, 0.1) is 46.3 Å². The summed E-state index contributed by atoms with van der Waals surface area (Å²) in [6.07, 6.45) is 0.496. The van der Waals surface area contributed by atoms with Crippen LogP contribution < -0.4 is 18.9 Å². The van der Waals surface area contributed by atoms with E-state index in [0.717, 1.165) is 155 Å². The Hall–Kier alpha value is -14.3. The van der Waals surface area contributed by atoms with Gasteiger partial charge in [-0.1, -0.05) is 253 Å². The quantitative estimate of drug-likeness (QED) is 0.0595. The monoisotopic (exact) mass is 1720 g/mol. The normalized spacial score (nSPS) is 15.5. The lowest BCUT2D eigenvalue weighted by Crippen LogP contribution is -2.04. The highest BCUT2D eigenvalue weighted by molar-refractivity contribution is 8.07. The molecular weight excluding hydrogens is 1630 g/mol. The number of hydrogen-bond donors (Lipinski definition) is 0. The van der Waals surface area contributed by atoms with Crippen LogP contribution in [0.3, 0.4) is 0 Å². The van der Waals surface area contributed by atoms with Gasteiger partial charge in [0.25, 0.3) is 0 Å². The summed E-state index contributed by atoms with van der Waals surface area (Å²) in [5, 5.41) is 20.6. The molecule has 16 heteroatoms. The summed E-state index contributed by atoms with van der Waals surface area (Å²) in [7, 11) is 2.10. The van der Waals surface area contributed by atoms with Gasteiger partial charge in [0.2, 0.25) is 5.89 Å². The summed E-state index contributed by atoms with van der Waals surface area (Å²) in [5.74, 6) is 9.41. The van der Waals surface area contributed by atoms with Crippen molar-refractivity contribution >= 4 is 154 Å². The summed E-state index contributed by atoms with van der Waals surface area (Å²) in [5.41, 5.74) is 19.6. The molecule has 0 aliphatic carbocycles. The number of ether oxygens (including phenoxy) is 6. The predicted octanol–water partition coefficient (Wildman–Crippen LogP) is 27.1. The largest absolute Gasteiger partial charge is 0.492 e. The molecule has 0 N–H and O–H groups in total. The average molecular weight is 1720 g/mol. The fourth-order valence-corrected chi connectivity index (χ4v) is 18.8. The lowest BCUT2D eigenvalue weighted by Gasteiger charge is -2.13. The third-order valence-electron chi connectivity index (χ3n) is 25.0. The van der Waals surface area contributed by atoms with Crippen LogP contribution in [0.4, 0.5) is 0 Å². The Kier molecular flexibility index (Phi) is 20.6. The molecule has 4 aliphatic heterocycles. The topological polar surface area (TPSA) is 141 Å². The molecule has 4 fully saturated rings. The van der Waals surface area contributed by atoms with Crippen LogP contribution >= 0.6 is 23.5 Å². The van der Waals surface area contributed by atoms with Gasteiger partial charge in [-0.05, 0) is 168 Å². The Balaban J connectivity index is 0.0000000985. The van der Waals surface area contributed by atoms with Crippen molar-refractivity contribution in [3.8, 4) is 80.0 Å². The molecule has 0 amide bonds. The van der Waals surface area contributed by atoms with E-state index in [1.54, 1.807) is 0 Å². The molecule has 4 aromatic heterocycles. The summed E-state index contributed by atoms with van der Waals surface area (Å²) >= 11 is 3.90. The molecule has 4 unspecified atom stereocenters. The minimum absolute atomic E-state index is 0.236. The molecule has 4 saturated heterocycles. The van der Waals surface area contributed by atoms with Crippen LogP contribution in [0.15, 0.2) is 332 Å². The van der Waals surface area contributed by atoms with Crippen molar-refractivity contribution in [3.05, 3.63) is 350 Å². The number of aromatic nitrogens is 7. The van der Waals surface area contributed by atoms with Crippen LogP contribution in [0.5, 0.6) is 23.0 Å². The molecule has 26 rings (SSSR count). The van der Waals surface area contributed by atoms with E-state index in [1.807, 2.05) is 72.1 Å². The predicted molar refractivity (Wildman–Crippen MR) is 532 cm³/mol. The first-order valence-electron chi connectivity index (χ1n) is 44.1. The first-order chi connectivity index (χ1) is 63.5. The molecule has 18 aromatic carbocycles. The summed E-state index contributed by atoms with van der Waals surface area (Å²) < 4.78 is 47.1. The Morgan fingerprint density at radius 1 is 0.295 bits per heavy atom. The van der Waals surface area contributed by atoms with E-state index in [-0.39, 0.29) is 12.2 Å². The van der Waals surface area contributed by atoms with Crippen LogP contribution in [0.2, 0.25) is 0 Å². The molecule has 0 radical (unpaired) electrons. The molecule has 22 aromatic rings. The first kappa shape index (κ1) is 79.4. The van der Waals surface area contributed by atoms with Crippen LogP contribution in [0, 0.1) is 27.7 Å². The van der Waals surface area contributed by atoms with Crippen molar-refractivity contribution in [3.63, 3.8) is 0 Å². The lowest BCUT2D eigenvalue weighted by atomic mass is 9.97. The van der Waals surface area contributed by atoms with Gasteiger partial charge in [-0.2, -0.15) is 23.5 Å². The van der Waals surface area contributed by atoms with Crippen molar-refractivity contribution in [1.29, 1.82) is 0 Å². The molecule has 129 heavy (non-hydrogen) atoms. The fourth-order valence-electron chi connectivity index (χ4n) is 18.0. The number of hydrogen-bond acceptors (Lipinski definition) is 13. The van der Waals surface area contributed by atoms with E-state index in [2.05, 4.69) is 327 Å². The highest BCUT2D eigenvalue weighted by atomic mass is 32.2. The van der Waals surface area contributed by atoms with Gasteiger partial charge in [0.1, 0.15) is 84.6 Å². The minimum Gasteiger partial charge on any atom is -0.492 e. The van der Waals surface area contributed by atoms with Crippen LogP contribution in [-0.2, 0) is 16.5 Å². The van der Waals surface area contributed by atoms with Gasteiger partial charge in [0, 0.05) is 106 Å². The number of nitrogens with zero attached hydrogens (tertiary/aromatic N) is 7. The number of thioether (sulfide) groups is 2. The fraction of sp³-hybridized carbons (Fsp3) is 0.150. The third-order valence-corrected chi connectivity index (χ3v) is 26.8. The molecule has 630 valence electrons. The van der Waals surface area contributed by atoms with E-state index in [4.69, 9.17) is 52.8 Å². The maximum atomic E-state index is 6.34. The molecule has 14 nitrogen and oxygen atoms in total. The van der Waals surface area contributed by atoms with E-state index in [1.165, 1.54) is 109 Å². The maximum Gasteiger partial charge on any atom is 0.227 e. The zero-order valence-electron chi connectivity index (χ0n) is 71.9. The van der Waals surface area contributed by atoms with Crippen LogP contribution in [-0.4, -0.2) is 107 Å². The summed E-state index contributed by atoms with van der Waals surface area (Å²) in [6, 6.07) is 115. The van der Waals surface area contributed by atoms with Crippen LogP contribution in [0.25, 0.3) is 187 Å². The van der Waals surface area contributed by atoms with Gasteiger partial charge < -0.3 is 37.4 Å². The molecule has 0 spiro atoms. The number of fused-ring (bicyclic) bond motifs is 24. The Morgan fingerprint density at radius 2 is 0.597 bits per heavy atom. The number of oxazole rings is 1. The first-order valence-corrected chi connectivity index (χ1v) is 46.2. The maximum absolute atomic E-state index is 6.34. The lowest BCUT2D eigenvalue weighted by molar-refractivity contribution is 0.263. The number of imidazole rings is 3. The van der Waals surface area contributed by atoms with Gasteiger partial charge >= 0.3 is 0 Å². The average Bonchev–Trinajstić information content (AvgIpc) is 1.61. The van der Waals surface area contributed by atoms with E-state index in [0.29, 0.717) is 29.6 Å². The van der Waals surface area contributed by atoms with Gasteiger partial charge in [-0.15, -0.1) is 0 Å². The Morgan fingerprint density at radius 3 is 1.00 bits per heavy atom. The van der Waals surface area contributed by atoms with E-state index < -0.39 is 0 Å². The molecule has 0 saturated carbocycles. The van der Waals surface area contributed by atoms with E-state index >= 15 is 0 Å². The highest BCUT2D eigenvalue weighted by Gasteiger charge is 2.29. The molecule has 0 bridgehead atoms. The number of benzene rings is 18. The van der Waals surface area contributed by atoms with Gasteiger partial charge in [0.15, 0.2) is 5.58 Å². The zero-order valence-corrected chi connectivity index (χ0v) is 73.6. The van der Waals surface area contributed by atoms with Crippen molar-refractivity contribution < 1.29 is 32.8 Å². The minimum atomic E-state index is 0.236. The Bertz CT molecular complexity index is 7740. The smallest absolute Gasteiger partial charge is 0.227 e. The molecule has 4 aliphatic rings. The highest BCUT2D eigenvalue weighted by Crippen LogP contribution is 2.46. The molecular formula is C113H89N7O7S2. The van der Waals surface area contributed by atoms with Gasteiger partial charge in [-0.25, -0.2) is 19.9 Å². The molecule has 4 atom stereocenters. The van der Waals surface area contributed by atoms with Crippen molar-refractivity contribution in [1.82, 2.24) is 33.6 Å². The third kappa shape index (κ3) is 15.6.